The zero-order valence-electron chi connectivity index (χ0n) is 10.2. The molecule has 5 heteroatoms. The van der Waals surface area contributed by atoms with Gasteiger partial charge < -0.3 is 9.47 Å². The molecule has 0 N–H and O–H groups in total. The maximum atomic E-state index is 6.00. The molecule has 2 heterocycles. The minimum absolute atomic E-state index is 0.00286. The van der Waals surface area contributed by atoms with Gasteiger partial charge in [-0.05, 0) is 6.92 Å². The molecule has 1 aromatic heterocycles. The lowest BCUT2D eigenvalue weighted by molar-refractivity contribution is -0.163. The van der Waals surface area contributed by atoms with Crippen molar-refractivity contribution in [2.75, 3.05) is 6.61 Å². The van der Waals surface area contributed by atoms with Crippen LogP contribution in [-0.2, 0) is 21.8 Å². The van der Waals surface area contributed by atoms with E-state index in [4.69, 9.17) is 9.47 Å². The SMILES string of the molecule is CC1(c2ccccc2)OCC(Cn2cncn2)O1. The van der Waals surface area contributed by atoms with Crippen molar-refractivity contribution in [2.45, 2.75) is 25.4 Å². The molecule has 18 heavy (non-hydrogen) atoms. The van der Waals surface area contributed by atoms with E-state index in [2.05, 4.69) is 10.1 Å². The van der Waals surface area contributed by atoms with Crippen molar-refractivity contribution < 1.29 is 9.47 Å². The van der Waals surface area contributed by atoms with Crippen LogP contribution in [0.15, 0.2) is 43.0 Å². The van der Waals surface area contributed by atoms with Crippen LogP contribution in [0.2, 0.25) is 0 Å². The summed E-state index contributed by atoms with van der Waals surface area (Å²) in [5, 5.41) is 4.07. The van der Waals surface area contributed by atoms with Crippen LogP contribution in [-0.4, -0.2) is 27.5 Å². The molecule has 94 valence electrons. The molecule has 1 aliphatic heterocycles. The summed E-state index contributed by atoms with van der Waals surface area (Å²) in [5.74, 6) is -0.660. The van der Waals surface area contributed by atoms with Crippen LogP contribution in [0.4, 0.5) is 0 Å². The maximum absolute atomic E-state index is 6.00. The summed E-state index contributed by atoms with van der Waals surface area (Å²) in [7, 11) is 0. The van der Waals surface area contributed by atoms with Gasteiger partial charge in [0.1, 0.15) is 18.8 Å². The molecule has 0 spiro atoms. The normalized spacial score (nSPS) is 27.5. The Morgan fingerprint density at radius 1 is 1.39 bits per heavy atom. The smallest absolute Gasteiger partial charge is 0.192 e. The fourth-order valence-electron chi connectivity index (χ4n) is 2.16. The number of hydrogen-bond donors (Lipinski definition) is 0. The van der Waals surface area contributed by atoms with Crippen molar-refractivity contribution in [3.8, 4) is 0 Å². The van der Waals surface area contributed by atoms with Crippen LogP contribution in [0.3, 0.4) is 0 Å². The highest BCUT2D eigenvalue weighted by atomic mass is 16.7. The Balaban J connectivity index is 1.71. The Labute approximate surface area is 105 Å². The molecule has 0 aliphatic carbocycles. The molecule has 1 fully saturated rings. The summed E-state index contributed by atoms with van der Waals surface area (Å²) in [6.45, 7) is 3.16. The lowest BCUT2D eigenvalue weighted by Crippen LogP contribution is -2.25. The first-order valence-electron chi connectivity index (χ1n) is 5.96. The van der Waals surface area contributed by atoms with E-state index >= 15 is 0 Å². The average molecular weight is 245 g/mol. The second-order valence-electron chi connectivity index (χ2n) is 4.48. The van der Waals surface area contributed by atoms with Crippen LogP contribution in [0.25, 0.3) is 0 Å². The zero-order chi connectivity index (χ0) is 12.4. The van der Waals surface area contributed by atoms with Crippen LogP contribution in [0.1, 0.15) is 12.5 Å². The molecule has 1 aromatic carbocycles. The Hall–Kier alpha value is -1.72. The van der Waals surface area contributed by atoms with Crippen LogP contribution >= 0.6 is 0 Å². The van der Waals surface area contributed by atoms with Crippen LogP contribution < -0.4 is 0 Å². The van der Waals surface area contributed by atoms with Crippen LogP contribution in [0, 0.1) is 0 Å². The summed E-state index contributed by atoms with van der Waals surface area (Å²) in [4.78, 5) is 3.91. The summed E-state index contributed by atoms with van der Waals surface area (Å²) < 4.78 is 13.6. The van der Waals surface area contributed by atoms with Gasteiger partial charge in [0.05, 0.1) is 13.2 Å². The molecule has 0 saturated carbocycles. The standard InChI is InChI=1S/C13H15N3O2/c1-13(11-5-3-2-4-6-11)17-8-12(18-13)7-16-10-14-9-15-16/h2-6,9-10,12H,7-8H2,1H3. The van der Waals surface area contributed by atoms with Crippen molar-refractivity contribution in [1.82, 2.24) is 14.8 Å². The van der Waals surface area contributed by atoms with Crippen molar-refractivity contribution in [3.63, 3.8) is 0 Å². The highest BCUT2D eigenvalue weighted by molar-refractivity contribution is 5.20. The molecular weight excluding hydrogens is 230 g/mol. The summed E-state index contributed by atoms with van der Waals surface area (Å²) in [5.41, 5.74) is 1.03. The van der Waals surface area contributed by atoms with Gasteiger partial charge in [-0.25, -0.2) is 4.98 Å². The lowest BCUT2D eigenvalue weighted by Gasteiger charge is -2.23. The Kier molecular flexibility index (Phi) is 2.85. The second-order valence-corrected chi connectivity index (χ2v) is 4.48. The fraction of sp³-hybridized carbons (Fsp3) is 0.385. The van der Waals surface area contributed by atoms with E-state index in [-0.39, 0.29) is 6.10 Å². The van der Waals surface area contributed by atoms with Gasteiger partial charge in [0.15, 0.2) is 5.79 Å². The van der Waals surface area contributed by atoms with Gasteiger partial charge in [-0.2, -0.15) is 5.10 Å². The Bertz CT molecular complexity index is 500. The number of benzene rings is 1. The predicted molar refractivity (Wildman–Crippen MR) is 64.6 cm³/mol. The summed E-state index contributed by atoms with van der Waals surface area (Å²) in [6, 6.07) is 9.97. The minimum atomic E-state index is -0.660. The first-order chi connectivity index (χ1) is 8.76. The van der Waals surface area contributed by atoms with E-state index in [9.17, 15) is 0 Å². The zero-order valence-corrected chi connectivity index (χ0v) is 10.2. The Morgan fingerprint density at radius 3 is 2.94 bits per heavy atom. The van der Waals surface area contributed by atoms with E-state index in [1.165, 1.54) is 6.33 Å². The van der Waals surface area contributed by atoms with Crippen molar-refractivity contribution in [3.05, 3.63) is 48.5 Å². The number of nitrogens with zero attached hydrogens (tertiary/aromatic N) is 3. The molecule has 1 saturated heterocycles. The van der Waals surface area contributed by atoms with Gasteiger partial charge in [0.2, 0.25) is 0 Å². The monoisotopic (exact) mass is 245 g/mol. The molecule has 2 atom stereocenters. The van der Waals surface area contributed by atoms with E-state index in [0.29, 0.717) is 13.2 Å². The maximum Gasteiger partial charge on any atom is 0.192 e. The lowest BCUT2D eigenvalue weighted by atomic mass is 10.1. The average Bonchev–Trinajstić information content (AvgIpc) is 3.02. The third-order valence-corrected chi connectivity index (χ3v) is 3.09. The Morgan fingerprint density at radius 2 is 2.22 bits per heavy atom. The highest BCUT2D eigenvalue weighted by Crippen LogP contribution is 2.33. The first-order valence-corrected chi connectivity index (χ1v) is 5.96. The number of hydrogen-bond acceptors (Lipinski definition) is 4. The number of rotatable bonds is 3. The molecule has 0 bridgehead atoms. The molecule has 3 rings (SSSR count). The number of aromatic nitrogens is 3. The number of ether oxygens (including phenoxy) is 2. The largest absolute Gasteiger partial charge is 0.343 e. The van der Waals surface area contributed by atoms with E-state index in [1.54, 1.807) is 11.0 Å². The predicted octanol–water partition coefficient (Wildman–Crippen LogP) is 1.57. The molecule has 2 aromatic rings. The molecule has 0 radical (unpaired) electrons. The second kappa shape index (κ2) is 4.51. The summed E-state index contributed by atoms with van der Waals surface area (Å²) in [6.07, 6.45) is 3.20. The van der Waals surface area contributed by atoms with Gasteiger partial charge in [0.25, 0.3) is 0 Å². The molecule has 1 aliphatic rings. The first kappa shape index (κ1) is 11.4. The van der Waals surface area contributed by atoms with Gasteiger partial charge in [-0.15, -0.1) is 0 Å². The van der Waals surface area contributed by atoms with E-state index in [1.807, 2.05) is 37.3 Å². The fourth-order valence-corrected chi connectivity index (χ4v) is 2.16. The third kappa shape index (κ3) is 2.14. The van der Waals surface area contributed by atoms with Crippen molar-refractivity contribution >= 4 is 0 Å². The minimum Gasteiger partial charge on any atom is -0.343 e. The topological polar surface area (TPSA) is 49.2 Å². The van der Waals surface area contributed by atoms with Crippen LogP contribution in [0.5, 0.6) is 0 Å². The van der Waals surface area contributed by atoms with Gasteiger partial charge >= 0.3 is 0 Å². The molecular formula is C13H15N3O2. The van der Waals surface area contributed by atoms with E-state index < -0.39 is 5.79 Å². The van der Waals surface area contributed by atoms with Gasteiger partial charge in [-0.1, -0.05) is 30.3 Å². The quantitative estimate of drug-likeness (QED) is 0.823. The van der Waals surface area contributed by atoms with Crippen molar-refractivity contribution in [2.24, 2.45) is 0 Å². The molecule has 2 unspecified atom stereocenters. The third-order valence-electron chi connectivity index (χ3n) is 3.09. The molecule has 5 nitrogen and oxygen atoms in total. The molecule has 0 amide bonds. The van der Waals surface area contributed by atoms with E-state index in [0.717, 1.165) is 5.56 Å². The van der Waals surface area contributed by atoms with Crippen molar-refractivity contribution in [1.29, 1.82) is 0 Å². The summed E-state index contributed by atoms with van der Waals surface area (Å²) >= 11 is 0. The van der Waals surface area contributed by atoms with Gasteiger partial charge in [0, 0.05) is 5.56 Å². The highest BCUT2D eigenvalue weighted by Gasteiger charge is 2.38. The van der Waals surface area contributed by atoms with Gasteiger partial charge in [-0.3, -0.25) is 4.68 Å².